The highest BCUT2D eigenvalue weighted by Gasteiger charge is 2.10. The van der Waals surface area contributed by atoms with E-state index in [1.807, 2.05) is 37.4 Å². The fourth-order valence-electron chi connectivity index (χ4n) is 1.89. The van der Waals surface area contributed by atoms with Crippen molar-refractivity contribution in [3.63, 3.8) is 0 Å². The van der Waals surface area contributed by atoms with Crippen molar-refractivity contribution >= 4 is 22.3 Å². The van der Waals surface area contributed by atoms with Crippen LogP contribution in [0.2, 0.25) is 0 Å². The number of rotatable bonds is 1. The van der Waals surface area contributed by atoms with Crippen LogP contribution in [0.5, 0.6) is 0 Å². The van der Waals surface area contributed by atoms with Gasteiger partial charge in [-0.05, 0) is 43.2 Å². The zero-order valence-electron chi connectivity index (χ0n) is 10.1. The molecular weight excluding hydrogens is 246 g/mol. The highest BCUT2D eigenvalue weighted by atomic mass is 32.1. The van der Waals surface area contributed by atoms with Crippen LogP contribution in [0.4, 0.5) is 0 Å². The van der Waals surface area contributed by atoms with Gasteiger partial charge in [-0.3, -0.25) is 0 Å². The summed E-state index contributed by atoms with van der Waals surface area (Å²) in [5.74, 6) is 0. The molecule has 0 aliphatic heterocycles. The molecule has 3 aromatic rings. The number of aryl methyl sites for hydroxylation is 2. The van der Waals surface area contributed by atoms with E-state index in [2.05, 4.69) is 4.98 Å². The molecule has 0 bridgehead atoms. The molecule has 0 unspecified atom stereocenters. The summed E-state index contributed by atoms with van der Waals surface area (Å²) in [6.07, 6.45) is 1.68. The Morgan fingerprint density at radius 1 is 1.17 bits per heavy atom. The van der Waals surface area contributed by atoms with Crippen LogP contribution in [0.1, 0.15) is 11.1 Å². The Labute approximate surface area is 108 Å². The van der Waals surface area contributed by atoms with Gasteiger partial charge in [-0.25, -0.2) is 9.78 Å². The van der Waals surface area contributed by atoms with E-state index in [1.165, 1.54) is 16.9 Å². The zero-order chi connectivity index (χ0) is 12.7. The van der Waals surface area contributed by atoms with Crippen molar-refractivity contribution in [2.45, 2.75) is 13.8 Å². The third-order valence-electron chi connectivity index (χ3n) is 3.01. The molecule has 2 aromatic heterocycles. The van der Waals surface area contributed by atoms with E-state index in [0.29, 0.717) is 16.2 Å². The summed E-state index contributed by atoms with van der Waals surface area (Å²) in [5, 5.41) is 3.48. The van der Waals surface area contributed by atoms with Crippen molar-refractivity contribution in [1.29, 1.82) is 0 Å². The second-order valence-corrected chi connectivity index (χ2v) is 5.15. The summed E-state index contributed by atoms with van der Waals surface area (Å²) in [4.78, 5) is 16.1. The molecule has 4 heteroatoms. The predicted octanol–water partition coefficient (Wildman–Crippen LogP) is 3.53. The number of benzene rings is 1. The van der Waals surface area contributed by atoms with Gasteiger partial charge in [0.15, 0.2) is 0 Å². The first-order chi connectivity index (χ1) is 8.65. The van der Waals surface area contributed by atoms with Gasteiger partial charge in [0.25, 0.3) is 0 Å². The summed E-state index contributed by atoms with van der Waals surface area (Å²) in [7, 11) is 0. The molecule has 0 atom stereocenters. The van der Waals surface area contributed by atoms with Gasteiger partial charge < -0.3 is 4.42 Å². The SMILES string of the molecule is Cc1cc2cc(-c3nccs3)c(=O)oc2cc1C. The van der Waals surface area contributed by atoms with E-state index in [-0.39, 0.29) is 5.63 Å². The molecule has 1 aromatic carbocycles. The standard InChI is InChI=1S/C14H11NO2S/c1-8-5-10-7-11(13-15-3-4-18-13)14(16)17-12(10)6-9(8)2/h3-7H,1-2H3. The van der Waals surface area contributed by atoms with Crippen molar-refractivity contribution in [2.75, 3.05) is 0 Å². The highest BCUT2D eigenvalue weighted by Crippen LogP contribution is 2.24. The largest absolute Gasteiger partial charge is 0.422 e. The van der Waals surface area contributed by atoms with Gasteiger partial charge in [0.1, 0.15) is 10.6 Å². The number of hydrogen-bond acceptors (Lipinski definition) is 4. The minimum absolute atomic E-state index is 0.333. The third kappa shape index (κ3) is 1.75. The zero-order valence-corrected chi connectivity index (χ0v) is 10.9. The van der Waals surface area contributed by atoms with E-state index in [1.54, 1.807) is 6.20 Å². The molecule has 0 spiro atoms. The third-order valence-corrected chi connectivity index (χ3v) is 3.82. The summed E-state index contributed by atoms with van der Waals surface area (Å²) >= 11 is 1.43. The molecule has 90 valence electrons. The fraction of sp³-hybridized carbons (Fsp3) is 0.143. The summed E-state index contributed by atoms with van der Waals surface area (Å²) in [6, 6.07) is 5.79. The molecule has 3 nitrogen and oxygen atoms in total. The molecule has 0 saturated carbocycles. The first-order valence-corrected chi connectivity index (χ1v) is 6.48. The monoisotopic (exact) mass is 257 g/mol. The second kappa shape index (κ2) is 4.07. The Hall–Kier alpha value is -1.94. The fourth-order valence-corrected chi connectivity index (χ4v) is 2.53. The van der Waals surface area contributed by atoms with E-state index >= 15 is 0 Å². The quantitative estimate of drug-likeness (QED) is 0.626. The Balaban J connectivity index is 2.33. The number of fused-ring (bicyclic) bond motifs is 1. The van der Waals surface area contributed by atoms with Gasteiger partial charge >= 0.3 is 5.63 Å². The highest BCUT2D eigenvalue weighted by molar-refractivity contribution is 7.13. The van der Waals surface area contributed by atoms with E-state index in [4.69, 9.17) is 4.42 Å². The smallest absolute Gasteiger partial charge is 0.346 e. The summed E-state index contributed by atoms with van der Waals surface area (Å²) < 4.78 is 5.36. The average Bonchev–Trinajstić information content (AvgIpc) is 2.84. The summed E-state index contributed by atoms with van der Waals surface area (Å²) in [6.45, 7) is 4.05. The molecule has 0 amide bonds. The Kier molecular flexibility index (Phi) is 2.52. The Morgan fingerprint density at radius 3 is 2.67 bits per heavy atom. The Morgan fingerprint density at radius 2 is 1.94 bits per heavy atom. The van der Waals surface area contributed by atoms with E-state index in [0.717, 1.165) is 10.9 Å². The van der Waals surface area contributed by atoms with Crippen molar-refractivity contribution in [2.24, 2.45) is 0 Å². The normalized spacial score (nSPS) is 11.0. The minimum atomic E-state index is -0.333. The maximum absolute atomic E-state index is 11.9. The van der Waals surface area contributed by atoms with Crippen LogP contribution in [-0.2, 0) is 0 Å². The lowest BCUT2D eigenvalue weighted by molar-refractivity contribution is 0.563. The van der Waals surface area contributed by atoms with Crippen LogP contribution in [0.3, 0.4) is 0 Å². The lowest BCUT2D eigenvalue weighted by atomic mass is 10.1. The number of hydrogen-bond donors (Lipinski definition) is 0. The lowest BCUT2D eigenvalue weighted by Gasteiger charge is -2.03. The van der Waals surface area contributed by atoms with Crippen molar-refractivity contribution in [3.05, 3.63) is 51.3 Å². The average molecular weight is 257 g/mol. The molecular formula is C14H11NO2S. The topological polar surface area (TPSA) is 43.1 Å². The van der Waals surface area contributed by atoms with Crippen LogP contribution in [0.25, 0.3) is 21.5 Å². The lowest BCUT2D eigenvalue weighted by Crippen LogP contribution is -2.02. The number of thiazole rings is 1. The molecule has 0 saturated heterocycles. The second-order valence-electron chi connectivity index (χ2n) is 4.26. The van der Waals surface area contributed by atoms with Crippen molar-refractivity contribution in [1.82, 2.24) is 4.98 Å². The number of aromatic nitrogens is 1. The van der Waals surface area contributed by atoms with Gasteiger partial charge in [-0.2, -0.15) is 0 Å². The van der Waals surface area contributed by atoms with Crippen LogP contribution >= 0.6 is 11.3 Å². The van der Waals surface area contributed by atoms with E-state index in [9.17, 15) is 4.79 Å². The molecule has 3 rings (SSSR count). The summed E-state index contributed by atoms with van der Waals surface area (Å²) in [5.41, 5.74) is 3.12. The van der Waals surface area contributed by atoms with Gasteiger partial charge in [0.2, 0.25) is 0 Å². The minimum Gasteiger partial charge on any atom is -0.422 e. The van der Waals surface area contributed by atoms with Gasteiger partial charge in [0, 0.05) is 17.0 Å². The van der Waals surface area contributed by atoms with Crippen LogP contribution in [0, 0.1) is 13.8 Å². The van der Waals surface area contributed by atoms with Gasteiger partial charge in [-0.15, -0.1) is 11.3 Å². The molecule has 0 aliphatic rings. The predicted molar refractivity (Wildman–Crippen MR) is 73.1 cm³/mol. The Bertz CT molecular complexity index is 772. The molecule has 0 fully saturated rings. The molecule has 2 heterocycles. The van der Waals surface area contributed by atoms with Crippen LogP contribution < -0.4 is 5.63 Å². The first-order valence-electron chi connectivity index (χ1n) is 5.60. The molecule has 0 N–H and O–H groups in total. The van der Waals surface area contributed by atoms with Crippen molar-refractivity contribution in [3.8, 4) is 10.6 Å². The van der Waals surface area contributed by atoms with Gasteiger partial charge in [-0.1, -0.05) is 0 Å². The first kappa shape index (κ1) is 11.2. The molecule has 18 heavy (non-hydrogen) atoms. The van der Waals surface area contributed by atoms with Crippen molar-refractivity contribution < 1.29 is 4.42 Å². The van der Waals surface area contributed by atoms with Crippen LogP contribution in [-0.4, -0.2) is 4.98 Å². The molecule has 0 aliphatic carbocycles. The molecule has 0 radical (unpaired) electrons. The maximum Gasteiger partial charge on any atom is 0.346 e. The van der Waals surface area contributed by atoms with E-state index < -0.39 is 0 Å². The van der Waals surface area contributed by atoms with Gasteiger partial charge in [0.05, 0.1) is 5.56 Å². The maximum atomic E-state index is 11.9. The van der Waals surface area contributed by atoms with Crippen LogP contribution in [0.15, 0.2) is 39.0 Å². The number of nitrogens with zero attached hydrogens (tertiary/aromatic N) is 1.